The molecule has 1 aliphatic rings. The summed E-state index contributed by atoms with van der Waals surface area (Å²) in [6.07, 6.45) is 4.93. The Bertz CT molecular complexity index is 532. The van der Waals surface area contributed by atoms with Crippen LogP contribution in [0.3, 0.4) is 0 Å². The topological polar surface area (TPSA) is 24.9 Å². The van der Waals surface area contributed by atoms with E-state index in [0.29, 0.717) is 5.92 Å². The molecule has 2 aromatic rings. The summed E-state index contributed by atoms with van der Waals surface area (Å²) in [4.78, 5) is 4.45. The molecule has 1 saturated carbocycles. The van der Waals surface area contributed by atoms with E-state index in [1.54, 1.807) is 11.3 Å². The van der Waals surface area contributed by atoms with Crippen molar-refractivity contribution in [1.82, 2.24) is 10.3 Å². The van der Waals surface area contributed by atoms with Gasteiger partial charge in [-0.2, -0.15) is 0 Å². The van der Waals surface area contributed by atoms with E-state index in [1.807, 2.05) is 5.51 Å². The summed E-state index contributed by atoms with van der Waals surface area (Å²) < 4.78 is 0. The Kier molecular flexibility index (Phi) is 4.48. The maximum Gasteiger partial charge on any atom is 0.0794 e. The van der Waals surface area contributed by atoms with Gasteiger partial charge in [-0.3, -0.25) is 0 Å². The Morgan fingerprint density at radius 1 is 1.30 bits per heavy atom. The van der Waals surface area contributed by atoms with E-state index in [4.69, 9.17) is 0 Å². The van der Waals surface area contributed by atoms with Crippen LogP contribution >= 0.6 is 11.3 Å². The molecule has 0 bridgehead atoms. The lowest BCUT2D eigenvalue weighted by molar-refractivity contribution is 0.465. The fourth-order valence-electron chi connectivity index (χ4n) is 2.62. The van der Waals surface area contributed by atoms with E-state index >= 15 is 0 Å². The largest absolute Gasteiger partial charge is 0.314 e. The molecule has 20 heavy (non-hydrogen) atoms. The molecule has 0 aliphatic heterocycles. The van der Waals surface area contributed by atoms with Gasteiger partial charge in [-0.15, -0.1) is 11.3 Å². The van der Waals surface area contributed by atoms with Crippen molar-refractivity contribution >= 4 is 11.3 Å². The van der Waals surface area contributed by atoms with Gasteiger partial charge >= 0.3 is 0 Å². The first-order valence-electron chi connectivity index (χ1n) is 7.46. The van der Waals surface area contributed by atoms with Crippen molar-refractivity contribution in [2.24, 2.45) is 5.92 Å². The molecule has 1 atom stereocenters. The summed E-state index contributed by atoms with van der Waals surface area (Å²) in [5.41, 5.74) is 6.06. The van der Waals surface area contributed by atoms with Crippen molar-refractivity contribution < 1.29 is 0 Å². The SMILES string of the molecule is Cc1ccccc1CC(CNC1CC1)Cc1cscn1. The van der Waals surface area contributed by atoms with E-state index in [1.165, 1.54) is 29.7 Å². The molecule has 1 unspecified atom stereocenters. The van der Waals surface area contributed by atoms with Gasteiger partial charge in [-0.05, 0) is 56.2 Å². The molecule has 1 aromatic heterocycles. The van der Waals surface area contributed by atoms with Crippen LogP contribution < -0.4 is 5.32 Å². The fraction of sp³-hybridized carbons (Fsp3) is 0.471. The Morgan fingerprint density at radius 3 is 2.85 bits per heavy atom. The third kappa shape index (κ3) is 3.90. The molecule has 1 fully saturated rings. The number of benzene rings is 1. The van der Waals surface area contributed by atoms with Crippen molar-refractivity contribution in [3.63, 3.8) is 0 Å². The van der Waals surface area contributed by atoms with E-state index in [0.717, 1.165) is 25.4 Å². The molecule has 1 heterocycles. The van der Waals surface area contributed by atoms with Crippen molar-refractivity contribution in [2.75, 3.05) is 6.54 Å². The lowest BCUT2D eigenvalue weighted by atomic mass is 9.92. The third-order valence-electron chi connectivity index (χ3n) is 4.02. The van der Waals surface area contributed by atoms with Crippen LogP contribution in [-0.4, -0.2) is 17.6 Å². The highest BCUT2D eigenvalue weighted by atomic mass is 32.1. The van der Waals surface area contributed by atoms with Crippen molar-refractivity contribution in [1.29, 1.82) is 0 Å². The number of hydrogen-bond acceptors (Lipinski definition) is 3. The Balaban J connectivity index is 1.65. The van der Waals surface area contributed by atoms with Crippen LogP contribution in [0, 0.1) is 12.8 Å². The molecule has 1 aromatic carbocycles. The third-order valence-corrected chi connectivity index (χ3v) is 4.66. The number of hydrogen-bond donors (Lipinski definition) is 1. The van der Waals surface area contributed by atoms with E-state index < -0.39 is 0 Å². The zero-order chi connectivity index (χ0) is 13.8. The van der Waals surface area contributed by atoms with Gasteiger partial charge in [-0.1, -0.05) is 24.3 Å². The van der Waals surface area contributed by atoms with E-state index in [2.05, 4.69) is 46.9 Å². The average Bonchev–Trinajstić information content (AvgIpc) is 3.15. The van der Waals surface area contributed by atoms with Gasteiger partial charge < -0.3 is 5.32 Å². The average molecular weight is 286 g/mol. The van der Waals surface area contributed by atoms with Gasteiger partial charge in [-0.25, -0.2) is 4.98 Å². The Labute approximate surface area is 125 Å². The predicted octanol–water partition coefficient (Wildman–Crippen LogP) is 3.60. The molecule has 106 valence electrons. The molecular weight excluding hydrogens is 264 g/mol. The van der Waals surface area contributed by atoms with Crippen molar-refractivity contribution in [2.45, 2.75) is 38.6 Å². The van der Waals surface area contributed by atoms with Crippen LogP contribution in [0.15, 0.2) is 35.2 Å². The summed E-state index contributed by atoms with van der Waals surface area (Å²) in [6, 6.07) is 9.53. The summed E-state index contributed by atoms with van der Waals surface area (Å²) in [5.74, 6) is 0.638. The fourth-order valence-corrected chi connectivity index (χ4v) is 3.19. The standard InChI is InChI=1S/C17H22N2S/c1-13-4-2-3-5-15(13)8-14(10-18-16-6-7-16)9-17-11-20-12-19-17/h2-5,11-12,14,16,18H,6-10H2,1H3. The summed E-state index contributed by atoms with van der Waals surface area (Å²) in [5, 5.41) is 5.87. The second-order valence-electron chi connectivity index (χ2n) is 5.86. The van der Waals surface area contributed by atoms with Gasteiger partial charge in [0.25, 0.3) is 0 Å². The number of nitrogens with one attached hydrogen (secondary N) is 1. The first-order valence-corrected chi connectivity index (χ1v) is 8.40. The number of rotatable bonds is 7. The van der Waals surface area contributed by atoms with Gasteiger partial charge in [0.1, 0.15) is 0 Å². The molecular formula is C17H22N2S. The highest BCUT2D eigenvalue weighted by Gasteiger charge is 2.22. The van der Waals surface area contributed by atoms with Gasteiger partial charge in [0.05, 0.1) is 11.2 Å². The zero-order valence-corrected chi connectivity index (χ0v) is 12.8. The first-order chi connectivity index (χ1) is 9.81. The van der Waals surface area contributed by atoms with Crippen LogP contribution in [0.1, 0.15) is 29.7 Å². The molecule has 0 spiro atoms. The molecule has 0 amide bonds. The quantitative estimate of drug-likeness (QED) is 0.841. The maximum atomic E-state index is 4.45. The number of nitrogens with zero attached hydrogens (tertiary/aromatic N) is 1. The monoisotopic (exact) mass is 286 g/mol. The second kappa shape index (κ2) is 6.51. The Hall–Kier alpha value is -1.19. The van der Waals surface area contributed by atoms with Gasteiger partial charge in [0, 0.05) is 11.4 Å². The molecule has 3 heteroatoms. The summed E-state index contributed by atoms with van der Waals surface area (Å²) >= 11 is 1.70. The summed E-state index contributed by atoms with van der Waals surface area (Å²) in [7, 11) is 0. The normalized spacial score (nSPS) is 16.2. The second-order valence-corrected chi connectivity index (χ2v) is 6.58. The van der Waals surface area contributed by atoms with Crippen LogP contribution in [-0.2, 0) is 12.8 Å². The lowest BCUT2D eigenvalue weighted by Gasteiger charge is -2.18. The minimum atomic E-state index is 0.638. The van der Waals surface area contributed by atoms with E-state index in [9.17, 15) is 0 Å². The summed E-state index contributed by atoms with van der Waals surface area (Å²) in [6.45, 7) is 3.32. The minimum absolute atomic E-state index is 0.638. The van der Waals surface area contributed by atoms with Gasteiger partial charge in [0.15, 0.2) is 0 Å². The van der Waals surface area contributed by atoms with Crippen molar-refractivity contribution in [3.8, 4) is 0 Å². The van der Waals surface area contributed by atoms with Crippen LogP contribution in [0.2, 0.25) is 0 Å². The van der Waals surface area contributed by atoms with Crippen molar-refractivity contribution in [3.05, 3.63) is 52.0 Å². The molecule has 3 rings (SSSR count). The number of aryl methyl sites for hydroxylation is 1. The highest BCUT2D eigenvalue weighted by Crippen LogP contribution is 2.21. The molecule has 1 N–H and O–H groups in total. The molecule has 0 radical (unpaired) electrons. The number of aromatic nitrogens is 1. The van der Waals surface area contributed by atoms with Crippen LogP contribution in [0.4, 0.5) is 0 Å². The smallest absolute Gasteiger partial charge is 0.0794 e. The maximum absolute atomic E-state index is 4.45. The lowest BCUT2D eigenvalue weighted by Crippen LogP contribution is -2.27. The Morgan fingerprint density at radius 2 is 2.15 bits per heavy atom. The van der Waals surface area contributed by atoms with Crippen LogP contribution in [0.25, 0.3) is 0 Å². The highest BCUT2D eigenvalue weighted by molar-refractivity contribution is 7.07. The van der Waals surface area contributed by atoms with E-state index in [-0.39, 0.29) is 0 Å². The molecule has 2 nitrogen and oxygen atoms in total. The minimum Gasteiger partial charge on any atom is -0.314 e. The van der Waals surface area contributed by atoms with Crippen LogP contribution in [0.5, 0.6) is 0 Å². The molecule has 1 aliphatic carbocycles. The predicted molar refractivity (Wildman–Crippen MR) is 85.2 cm³/mol. The molecule has 0 saturated heterocycles. The first kappa shape index (κ1) is 13.8. The number of thiazole rings is 1. The zero-order valence-electron chi connectivity index (χ0n) is 12.0. The van der Waals surface area contributed by atoms with Gasteiger partial charge in [0.2, 0.25) is 0 Å².